The molecule has 1 aromatic rings. The number of hydrogen-bond donors (Lipinski definition) is 1. The van der Waals surface area contributed by atoms with Gasteiger partial charge in [0.2, 0.25) is 0 Å². The summed E-state index contributed by atoms with van der Waals surface area (Å²) in [6.45, 7) is 20.3. The van der Waals surface area contributed by atoms with Crippen molar-refractivity contribution in [3.8, 4) is 11.1 Å². The molecule has 1 N–H and O–H groups in total. The first-order valence-corrected chi connectivity index (χ1v) is 16.1. The number of aromatic nitrogens is 1. The zero-order valence-electron chi connectivity index (χ0n) is 27.4. The molecule has 5 aliphatic rings. The van der Waals surface area contributed by atoms with Crippen LogP contribution in [0.2, 0.25) is 0 Å². The Morgan fingerprint density at radius 3 is 1.84 bits per heavy atom. The number of allylic oxidation sites excluding steroid dienone is 5. The largest absolute Gasteiger partial charge is 0.355 e. The number of rotatable bonds is 4. The fourth-order valence-corrected chi connectivity index (χ4v) is 7.05. The molecule has 0 aromatic carbocycles. The number of H-pyrrole nitrogens is 1. The predicted molar refractivity (Wildman–Crippen MR) is 185 cm³/mol. The van der Waals surface area contributed by atoms with E-state index in [1.54, 1.807) is 0 Å². The summed E-state index contributed by atoms with van der Waals surface area (Å²) in [6, 6.07) is 11.6. The number of nitrogens with one attached hydrogen (secondary N) is 1. The molecule has 220 valence electrons. The first-order valence-electron chi connectivity index (χ1n) is 16.1. The van der Waals surface area contributed by atoms with Crippen LogP contribution in [0, 0.1) is 6.92 Å². The highest BCUT2D eigenvalue weighted by molar-refractivity contribution is 6.24. The summed E-state index contributed by atoms with van der Waals surface area (Å²) in [5.74, 6) is 0. The van der Waals surface area contributed by atoms with Crippen LogP contribution in [0.4, 0.5) is 0 Å². The normalized spacial score (nSPS) is 16.7. The molecule has 3 aliphatic heterocycles. The van der Waals surface area contributed by atoms with Gasteiger partial charge in [-0.1, -0.05) is 72.7 Å². The Hall–Kier alpha value is -3.98. The fourth-order valence-electron chi connectivity index (χ4n) is 7.05. The van der Waals surface area contributed by atoms with Crippen LogP contribution in [0.5, 0.6) is 0 Å². The summed E-state index contributed by atoms with van der Waals surface area (Å²) >= 11 is 0. The standard InChI is InChI=1S/C40H45N3/c1-10-28-23(5)34-21-38-30(12-3)31(13-4)39(43-38)22-35-24(6)29(11-2)37(42-35)20-26-18-25(19-36(28)41-34)32-16-14-27(40(7,8)9)15-17-33(26)32/h14-22,41H,10-13H2,1-9H3. The van der Waals surface area contributed by atoms with E-state index in [9.17, 15) is 0 Å². The van der Waals surface area contributed by atoms with Gasteiger partial charge in [0.25, 0.3) is 0 Å². The van der Waals surface area contributed by atoms with E-state index in [0.717, 1.165) is 53.8 Å². The first-order chi connectivity index (χ1) is 20.6. The molecule has 0 saturated heterocycles. The van der Waals surface area contributed by atoms with Crippen molar-refractivity contribution >= 4 is 29.7 Å². The van der Waals surface area contributed by atoms with Crippen LogP contribution in [0.25, 0.3) is 29.4 Å². The van der Waals surface area contributed by atoms with E-state index >= 15 is 0 Å². The van der Waals surface area contributed by atoms with Gasteiger partial charge in [-0.15, -0.1) is 0 Å². The monoisotopic (exact) mass is 567 g/mol. The molecule has 1 aromatic heterocycles. The number of aliphatic imine (C=N–C) groups is 2. The Morgan fingerprint density at radius 2 is 1.23 bits per heavy atom. The van der Waals surface area contributed by atoms with Crippen molar-refractivity contribution < 1.29 is 0 Å². The smallest absolute Gasteiger partial charge is 0.0694 e. The molecule has 0 atom stereocenters. The third-order valence-electron chi connectivity index (χ3n) is 9.57. The summed E-state index contributed by atoms with van der Waals surface area (Å²) < 4.78 is 0. The van der Waals surface area contributed by atoms with Crippen molar-refractivity contribution in [1.82, 2.24) is 4.98 Å². The lowest BCUT2D eigenvalue weighted by molar-refractivity contribution is 0.591. The molecule has 3 nitrogen and oxygen atoms in total. The van der Waals surface area contributed by atoms with Crippen molar-refractivity contribution in [2.45, 2.75) is 93.4 Å². The van der Waals surface area contributed by atoms with Gasteiger partial charge < -0.3 is 4.98 Å². The molecule has 0 spiro atoms. The number of nitrogens with zero attached hydrogens (tertiary/aromatic N) is 2. The lowest BCUT2D eigenvalue weighted by Gasteiger charge is -2.17. The van der Waals surface area contributed by atoms with Gasteiger partial charge in [0.15, 0.2) is 0 Å². The van der Waals surface area contributed by atoms with E-state index < -0.39 is 0 Å². The van der Waals surface area contributed by atoms with E-state index in [-0.39, 0.29) is 5.41 Å². The highest BCUT2D eigenvalue weighted by Crippen LogP contribution is 2.39. The lowest BCUT2D eigenvalue weighted by atomic mass is 9.88. The van der Waals surface area contributed by atoms with E-state index in [0.29, 0.717) is 0 Å². The summed E-state index contributed by atoms with van der Waals surface area (Å²) in [6.07, 6.45) is 13.0. The molecule has 4 heterocycles. The summed E-state index contributed by atoms with van der Waals surface area (Å²) in [4.78, 5) is 14.3. The fraction of sp³-hybridized carbons (Fsp3) is 0.350. The lowest BCUT2D eigenvalue weighted by Crippen LogP contribution is -2.14. The molecule has 8 bridgehead atoms. The number of hydrogen-bond acceptors (Lipinski definition) is 2. The van der Waals surface area contributed by atoms with Gasteiger partial charge in [-0.25, -0.2) is 9.98 Å². The van der Waals surface area contributed by atoms with Crippen LogP contribution in [0.3, 0.4) is 0 Å². The summed E-state index contributed by atoms with van der Waals surface area (Å²) in [7, 11) is 0. The van der Waals surface area contributed by atoms with Crippen molar-refractivity contribution in [1.29, 1.82) is 0 Å². The second-order valence-electron chi connectivity index (χ2n) is 13.1. The molecule has 0 fully saturated rings. The maximum atomic E-state index is 5.26. The van der Waals surface area contributed by atoms with Crippen LogP contribution in [0.15, 0.2) is 80.1 Å². The minimum Gasteiger partial charge on any atom is -0.355 e. The quantitative estimate of drug-likeness (QED) is 0.327. The van der Waals surface area contributed by atoms with Crippen LogP contribution in [-0.2, 0) is 11.8 Å². The zero-order valence-corrected chi connectivity index (χ0v) is 27.4. The van der Waals surface area contributed by atoms with Crippen LogP contribution in [0.1, 0.15) is 102 Å². The third kappa shape index (κ3) is 4.93. The van der Waals surface area contributed by atoms with Gasteiger partial charge in [0, 0.05) is 10.7 Å². The number of fused-ring (bicyclic) bond motifs is 9. The molecule has 2 aliphatic carbocycles. The van der Waals surface area contributed by atoms with Crippen LogP contribution in [-0.4, -0.2) is 16.4 Å². The highest BCUT2D eigenvalue weighted by Gasteiger charge is 2.25. The second kappa shape index (κ2) is 10.9. The van der Waals surface area contributed by atoms with E-state index in [2.05, 4.69) is 122 Å². The van der Waals surface area contributed by atoms with Crippen LogP contribution >= 0.6 is 0 Å². The third-order valence-corrected chi connectivity index (χ3v) is 9.57. The maximum Gasteiger partial charge on any atom is 0.0694 e. The Morgan fingerprint density at radius 1 is 0.628 bits per heavy atom. The van der Waals surface area contributed by atoms with Gasteiger partial charge in [-0.05, 0) is 137 Å². The molecular weight excluding hydrogens is 522 g/mol. The molecule has 0 amide bonds. The molecule has 0 radical (unpaired) electrons. The van der Waals surface area contributed by atoms with Crippen LogP contribution < -0.4 is 10.7 Å². The summed E-state index contributed by atoms with van der Waals surface area (Å²) in [5, 5.41) is 2.34. The first kappa shape index (κ1) is 29.1. The van der Waals surface area contributed by atoms with E-state index in [4.69, 9.17) is 9.98 Å². The second-order valence-corrected chi connectivity index (χ2v) is 13.1. The van der Waals surface area contributed by atoms with E-state index in [1.807, 2.05) is 0 Å². The Bertz CT molecular complexity index is 1940. The predicted octanol–water partition coefficient (Wildman–Crippen LogP) is 8.89. The molecule has 0 unspecified atom stereocenters. The molecule has 6 rings (SSSR count). The number of aromatic amines is 1. The zero-order chi connectivity index (χ0) is 30.6. The van der Waals surface area contributed by atoms with Gasteiger partial charge in [0.1, 0.15) is 0 Å². The molecule has 3 heteroatoms. The Kier molecular flexibility index (Phi) is 7.40. The maximum absolute atomic E-state index is 5.26. The van der Waals surface area contributed by atoms with E-state index in [1.165, 1.54) is 66.6 Å². The topological polar surface area (TPSA) is 40.5 Å². The Labute approximate surface area is 257 Å². The Balaban J connectivity index is 1.73. The average molecular weight is 568 g/mol. The van der Waals surface area contributed by atoms with Crippen molar-refractivity contribution in [3.05, 3.63) is 109 Å². The summed E-state index contributed by atoms with van der Waals surface area (Å²) in [5.41, 5.74) is 18.5. The van der Waals surface area contributed by atoms with Gasteiger partial charge in [-0.2, -0.15) is 0 Å². The highest BCUT2D eigenvalue weighted by atomic mass is 14.8. The van der Waals surface area contributed by atoms with Crippen molar-refractivity contribution in [2.24, 2.45) is 9.98 Å². The SMILES string of the molecule is CCC1=C(C)C2=NC1=Cc1cc(c3ccc(C(C)(C)C)ccc1-3)C=c1[nH]c(c(C)c1CC)=CC1=NC(=C2)C(CC)=C1CC. The van der Waals surface area contributed by atoms with Gasteiger partial charge >= 0.3 is 0 Å². The molecular formula is C40H45N3. The molecule has 0 saturated carbocycles. The average Bonchev–Trinajstić information content (AvgIpc) is 3.58. The minimum absolute atomic E-state index is 0.0710. The molecule has 43 heavy (non-hydrogen) atoms. The minimum atomic E-state index is 0.0710. The van der Waals surface area contributed by atoms with Crippen molar-refractivity contribution in [3.63, 3.8) is 0 Å². The van der Waals surface area contributed by atoms with Gasteiger partial charge in [-0.3, -0.25) is 0 Å². The van der Waals surface area contributed by atoms with Crippen molar-refractivity contribution in [2.75, 3.05) is 0 Å². The van der Waals surface area contributed by atoms with Gasteiger partial charge in [0.05, 0.1) is 22.8 Å².